The van der Waals surface area contributed by atoms with E-state index >= 15 is 0 Å². The van der Waals surface area contributed by atoms with Gasteiger partial charge in [0.2, 0.25) is 0 Å². The summed E-state index contributed by atoms with van der Waals surface area (Å²) in [6.07, 6.45) is 3.59. The lowest BCUT2D eigenvalue weighted by molar-refractivity contribution is 0.251. The number of nitrogens with one attached hydrogen (secondary N) is 2. The molecule has 2 heterocycles. The summed E-state index contributed by atoms with van der Waals surface area (Å²) in [6, 6.07) is 7.41. The van der Waals surface area contributed by atoms with Crippen molar-refractivity contribution in [1.29, 1.82) is 0 Å². The first kappa shape index (κ1) is 15.2. The Balaban J connectivity index is 1.62. The minimum absolute atomic E-state index is 0.249. The van der Waals surface area contributed by atoms with E-state index in [2.05, 4.69) is 20.7 Å². The van der Waals surface area contributed by atoms with Crippen LogP contribution in [0.4, 0.5) is 10.5 Å². The Labute approximate surface area is 138 Å². The van der Waals surface area contributed by atoms with Crippen LogP contribution in [-0.4, -0.2) is 20.8 Å². The maximum Gasteiger partial charge on any atom is 0.319 e. The number of amides is 2. The monoisotopic (exact) mass is 327 g/mol. The summed E-state index contributed by atoms with van der Waals surface area (Å²) < 4.78 is 1.70. The predicted octanol–water partition coefficient (Wildman–Crippen LogP) is 3.17. The third kappa shape index (κ3) is 3.95. The molecular weight excluding hydrogens is 310 g/mol. The summed E-state index contributed by atoms with van der Waals surface area (Å²) in [6.45, 7) is 2.40. The second kappa shape index (κ2) is 6.62. The van der Waals surface area contributed by atoms with Crippen LogP contribution in [-0.2, 0) is 13.6 Å². The van der Waals surface area contributed by atoms with E-state index in [4.69, 9.17) is 0 Å². The summed E-state index contributed by atoms with van der Waals surface area (Å²) in [7, 11) is 1.84. The topological polar surface area (TPSA) is 71.8 Å². The van der Waals surface area contributed by atoms with Gasteiger partial charge < -0.3 is 10.6 Å². The number of hydrogen-bond donors (Lipinski definition) is 2. The van der Waals surface area contributed by atoms with Crippen LogP contribution in [0.3, 0.4) is 0 Å². The Bertz CT molecular complexity index is 823. The van der Waals surface area contributed by atoms with Crippen LogP contribution in [0.25, 0.3) is 10.6 Å². The van der Waals surface area contributed by atoms with Crippen LogP contribution in [0.5, 0.6) is 0 Å². The van der Waals surface area contributed by atoms with Gasteiger partial charge in [-0.2, -0.15) is 5.10 Å². The molecule has 0 aliphatic heterocycles. The number of urea groups is 1. The first-order valence-corrected chi connectivity index (χ1v) is 8.03. The molecule has 1 aromatic carbocycles. The molecule has 0 aliphatic carbocycles. The number of benzene rings is 1. The fourth-order valence-corrected chi connectivity index (χ4v) is 2.93. The van der Waals surface area contributed by atoms with Gasteiger partial charge >= 0.3 is 6.03 Å². The van der Waals surface area contributed by atoms with Crippen LogP contribution in [0.1, 0.15) is 11.3 Å². The Morgan fingerprint density at radius 2 is 2.26 bits per heavy atom. The Morgan fingerprint density at radius 3 is 2.96 bits per heavy atom. The van der Waals surface area contributed by atoms with E-state index < -0.39 is 0 Å². The molecule has 2 aromatic heterocycles. The van der Waals surface area contributed by atoms with E-state index in [0.29, 0.717) is 6.54 Å². The van der Waals surface area contributed by atoms with Gasteiger partial charge in [-0.15, -0.1) is 11.3 Å². The zero-order valence-corrected chi connectivity index (χ0v) is 13.7. The number of hydrogen-bond acceptors (Lipinski definition) is 4. The summed E-state index contributed by atoms with van der Waals surface area (Å²) in [5, 5.41) is 12.7. The van der Waals surface area contributed by atoms with Crippen molar-refractivity contribution in [3.63, 3.8) is 0 Å². The number of anilines is 1. The molecular formula is C16H17N5OS. The van der Waals surface area contributed by atoms with Gasteiger partial charge in [-0.1, -0.05) is 12.1 Å². The van der Waals surface area contributed by atoms with Gasteiger partial charge in [-0.05, 0) is 19.1 Å². The SMILES string of the molecule is Cc1csc(-c2cccc(NC(=O)NCc3cnn(C)c3)c2)n1. The molecule has 0 aliphatic rings. The summed E-state index contributed by atoms with van der Waals surface area (Å²) in [5.74, 6) is 0. The van der Waals surface area contributed by atoms with Crippen molar-refractivity contribution in [1.82, 2.24) is 20.1 Å². The lowest BCUT2D eigenvalue weighted by Gasteiger charge is -2.07. The molecule has 3 rings (SSSR count). The fraction of sp³-hybridized carbons (Fsp3) is 0.188. The third-order valence-electron chi connectivity index (χ3n) is 3.20. The number of nitrogens with zero attached hydrogens (tertiary/aromatic N) is 3. The number of rotatable bonds is 4. The molecule has 0 bridgehead atoms. The van der Waals surface area contributed by atoms with Crippen molar-refractivity contribution in [3.05, 3.63) is 53.3 Å². The fourth-order valence-electron chi connectivity index (χ4n) is 2.14. The molecule has 23 heavy (non-hydrogen) atoms. The zero-order chi connectivity index (χ0) is 16.2. The number of carbonyl (C=O) groups excluding carboxylic acids is 1. The van der Waals surface area contributed by atoms with Gasteiger partial charge in [-0.25, -0.2) is 9.78 Å². The van der Waals surface area contributed by atoms with E-state index in [0.717, 1.165) is 27.5 Å². The van der Waals surface area contributed by atoms with Crippen LogP contribution in [0, 0.1) is 6.92 Å². The van der Waals surface area contributed by atoms with Gasteiger partial charge in [-0.3, -0.25) is 4.68 Å². The molecule has 118 valence electrons. The highest BCUT2D eigenvalue weighted by Crippen LogP contribution is 2.25. The lowest BCUT2D eigenvalue weighted by atomic mass is 10.2. The summed E-state index contributed by atoms with van der Waals surface area (Å²) >= 11 is 1.59. The molecule has 0 saturated heterocycles. The number of thiazole rings is 1. The standard InChI is InChI=1S/C16H17N5OS/c1-11-10-23-15(19-11)13-4-3-5-14(6-13)20-16(22)17-7-12-8-18-21(2)9-12/h3-6,8-10H,7H2,1-2H3,(H2,17,20,22). The molecule has 0 unspecified atom stereocenters. The molecule has 0 atom stereocenters. The highest BCUT2D eigenvalue weighted by molar-refractivity contribution is 7.13. The Morgan fingerprint density at radius 1 is 1.39 bits per heavy atom. The molecule has 6 nitrogen and oxygen atoms in total. The van der Waals surface area contributed by atoms with Crippen LogP contribution >= 0.6 is 11.3 Å². The van der Waals surface area contributed by atoms with Crippen molar-refractivity contribution in [2.24, 2.45) is 7.05 Å². The van der Waals surface area contributed by atoms with Crippen LogP contribution in [0.2, 0.25) is 0 Å². The molecule has 7 heteroatoms. The first-order valence-electron chi connectivity index (χ1n) is 7.15. The van der Waals surface area contributed by atoms with Gasteiger partial charge in [0, 0.05) is 47.7 Å². The van der Waals surface area contributed by atoms with E-state index in [-0.39, 0.29) is 6.03 Å². The van der Waals surface area contributed by atoms with Crippen LogP contribution < -0.4 is 10.6 Å². The van der Waals surface area contributed by atoms with Crippen LogP contribution in [0.15, 0.2) is 42.0 Å². The largest absolute Gasteiger partial charge is 0.334 e. The second-order valence-corrected chi connectivity index (χ2v) is 6.06. The number of aryl methyl sites for hydroxylation is 2. The maximum absolute atomic E-state index is 12.0. The van der Waals surface area contributed by atoms with E-state index in [1.54, 1.807) is 22.2 Å². The smallest absolute Gasteiger partial charge is 0.319 e. The zero-order valence-electron chi connectivity index (χ0n) is 12.9. The van der Waals surface area contributed by atoms with Crippen molar-refractivity contribution < 1.29 is 4.79 Å². The van der Waals surface area contributed by atoms with Crippen molar-refractivity contribution in [2.75, 3.05) is 5.32 Å². The van der Waals surface area contributed by atoms with E-state index in [9.17, 15) is 4.79 Å². The Hall–Kier alpha value is -2.67. The predicted molar refractivity (Wildman–Crippen MR) is 91.4 cm³/mol. The average Bonchev–Trinajstić information content (AvgIpc) is 3.14. The van der Waals surface area contributed by atoms with Crippen molar-refractivity contribution >= 4 is 23.1 Å². The summed E-state index contributed by atoms with van der Waals surface area (Å²) in [5.41, 5.74) is 3.68. The van der Waals surface area contributed by atoms with E-state index in [1.165, 1.54) is 0 Å². The highest BCUT2D eigenvalue weighted by atomic mass is 32.1. The molecule has 2 amide bonds. The minimum atomic E-state index is -0.249. The van der Waals surface area contributed by atoms with E-state index in [1.807, 2.05) is 49.8 Å². The minimum Gasteiger partial charge on any atom is -0.334 e. The first-order chi connectivity index (χ1) is 11.1. The van der Waals surface area contributed by atoms with Crippen molar-refractivity contribution in [3.8, 4) is 10.6 Å². The van der Waals surface area contributed by atoms with Crippen molar-refractivity contribution in [2.45, 2.75) is 13.5 Å². The summed E-state index contributed by atoms with van der Waals surface area (Å²) in [4.78, 5) is 16.4. The third-order valence-corrected chi connectivity index (χ3v) is 4.21. The van der Waals surface area contributed by atoms with Gasteiger partial charge in [0.1, 0.15) is 5.01 Å². The highest BCUT2D eigenvalue weighted by Gasteiger charge is 2.06. The number of carbonyl (C=O) groups is 1. The van der Waals surface area contributed by atoms with Gasteiger partial charge in [0.15, 0.2) is 0 Å². The van der Waals surface area contributed by atoms with Gasteiger partial charge in [0.25, 0.3) is 0 Å². The Kier molecular flexibility index (Phi) is 4.38. The normalized spacial score (nSPS) is 10.5. The average molecular weight is 327 g/mol. The van der Waals surface area contributed by atoms with Gasteiger partial charge in [0.05, 0.1) is 6.20 Å². The molecule has 0 saturated carbocycles. The molecule has 2 N–H and O–H groups in total. The molecule has 0 radical (unpaired) electrons. The lowest BCUT2D eigenvalue weighted by Crippen LogP contribution is -2.28. The maximum atomic E-state index is 12.0. The molecule has 0 spiro atoms. The quantitative estimate of drug-likeness (QED) is 0.773. The number of aromatic nitrogens is 3. The second-order valence-electron chi connectivity index (χ2n) is 5.20. The molecule has 3 aromatic rings. The molecule has 0 fully saturated rings.